The van der Waals surface area contributed by atoms with Crippen molar-refractivity contribution >= 4 is 16.9 Å². The molecule has 0 bridgehead atoms. The van der Waals surface area contributed by atoms with E-state index in [0.717, 1.165) is 12.2 Å². The summed E-state index contributed by atoms with van der Waals surface area (Å²) < 4.78 is 0. The first-order chi connectivity index (χ1) is 6.81. The SMILES string of the molecule is C=CC(=O)SCCCCCCCCC. The molecule has 0 unspecified atom stereocenters. The van der Waals surface area contributed by atoms with Crippen molar-refractivity contribution in [3.05, 3.63) is 12.7 Å². The Morgan fingerprint density at radius 2 is 1.71 bits per heavy atom. The first-order valence-corrected chi connectivity index (χ1v) is 6.59. The van der Waals surface area contributed by atoms with E-state index in [1.54, 1.807) is 0 Å². The van der Waals surface area contributed by atoms with E-state index < -0.39 is 0 Å². The van der Waals surface area contributed by atoms with Gasteiger partial charge in [0.2, 0.25) is 5.12 Å². The minimum atomic E-state index is 0.107. The van der Waals surface area contributed by atoms with Crippen molar-refractivity contribution in [2.24, 2.45) is 0 Å². The Bertz CT molecular complexity index is 154. The molecule has 0 rings (SSSR count). The van der Waals surface area contributed by atoms with Gasteiger partial charge < -0.3 is 0 Å². The molecule has 82 valence electrons. The van der Waals surface area contributed by atoms with E-state index in [9.17, 15) is 4.79 Å². The Balaban J connectivity index is 2.99. The predicted octanol–water partition coefficient (Wildman–Crippen LogP) is 4.18. The normalized spacial score (nSPS) is 10.1. The maximum atomic E-state index is 10.8. The molecule has 0 N–H and O–H groups in total. The summed E-state index contributed by atoms with van der Waals surface area (Å²) in [4.78, 5) is 10.8. The van der Waals surface area contributed by atoms with Crippen molar-refractivity contribution in [2.75, 3.05) is 5.75 Å². The highest BCUT2D eigenvalue weighted by Gasteiger charge is 1.95. The largest absolute Gasteiger partial charge is 0.282 e. The van der Waals surface area contributed by atoms with Crippen LogP contribution in [0.1, 0.15) is 51.9 Å². The lowest BCUT2D eigenvalue weighted by Gasteiger charge is -1.99. The summed E-state index contributed by atoms with van der Waals surface area (Å²) in [6.07, 6.45) is 10.5. The van der Waals surface area contributed by atoms with Crippen molar-refractivity contribution in [3.8, 4) is 0 Å². The van der Waals surface area contributed by atoms with Crippen LogP contribution in [0.4, 0.5) is 0 Å². The van der Waals surface area contributed by atoms with Crippen molar-refractivity contribution in [2.45, 2.75) is 51.9 Å². The van der Waals surface area contributed by atoms with Gasteiger partial charge in [0, 0.05) is 5.75 Å². The summed E-state index contributed by atoms with van der Waals surface area (Å²) in [5.74, 6) is 0.957. The summed E-state index contributed by atoms with van der Waals surface area (Å²) in [5, 5.41) is 0.107. The van der Waals surface area contributed by atoms with E-state index in [0.29, 0.717) is 0 Å². The molecule has 0 heterocycles. The number of carbonyl (C=O) groups excluding carboxylic acids is 1. The van der Waals surface area contributed by atoms with Gasteiger partial charge in [-0.25, -0.2) is 0 Å². The van der Waals surface area contributed by atoms with Gasteiger partial charge in [-0.2, -0.15) is 0 Å². The van der Waals surface area contributed by atoms with Gasteiger partial charge in [-0.1, -0.05) is 63.8 Å². The second-order valence-corrected chi connectivity index (χ2v) is 4.59. The zero-order valence-electron chi connectivity index (χ0n) is 9.26. The lowest BCUT2D eigenvalue weighted by atomic mass is 10.1. The minimum Gasteiger partial charge on any atom is -0.282 e. The van der Waals surface area contributed by atoms with E-state index in [-0.39, 0.29) is 5.12 Å². The third-order valence-corrected chi connectivity index (χ3v) is 3.10. The van der Waals surface area contributed by atoms with Crippen molar-refractivity contribution < 1.29 is 4.79 Å². The lowest BCUT2D eigenvalue weighted by Crippen LogP contribution is -1.88. The van der Waals surface area contributed by atoms with Gasteiger partial charge in [0.05, 0.1) is 0 Å². The molecular formula is C12H22OS. The Labute approximate surface area is 92.3 Å². The average molecular weight is 214 g/mol. The number of thioether (sulfide) groups is 1. The van der Waals surface area contributed by atoms with Crippen molar-refractivity contribution in [1.82, 2.24) is 0 Å². The number of rotatable bonds is 9. The zero-order chi connectivity index (χ0) is 10.6. The zero-order valence-corrected chi connectivity index (χ0v) is 10.1. The maximum absolute atomic E-state index is 10.8. The highest BCUT2D eigenvalue weighted by atomic mass is 32.2. The van der Waals surface area contributed by atoms with E-state index in [2.05, 4.69) is 13.5 Å². The Kier molecular flexibility index (Phi) is 10.7. The first kappa shape index (κ1) is 13.8. The maximum Gasteiger partial charge on any atom is 0.211 e. The minimum absolute atomic E-state index is 0.107. The molecule has 0 atom stereocenters. The van der Waals surface area contributed by atoms with E-state index in [1.807, 2.05) is 0 Å². The highest BCUT2D eigenvalue weighted by Crippen LogP contribution is 2.11. The molecule has 0 aliphatic carbocycles. The second kappa shape index (κ2) is 10.8. The van der Waals surface area contributed by atoms with Crippen LogP contribution in [0, 0.1) is 0 Å². The van der Waals surface area contributed by atoms with Crippen LogP contribution in [0.25, 0.3) is 0 Å². The first-order valence-electron chi connectivity index (χ1n) is 5.60. The van der Waals surface area contributed by atoms with Crippen molar-refractivity contribution in [3.63, 3.8) is 0 Å². The fourth-order valence-electron chi connectivity index (χ4n) is 1.29. The van der Waals surface area contributed by atoms with E-state index in [4.69, 9.17) is 0 Å². The van der Waals surface area contributed by atoms with Crippen LogP contribution in [0.2, 0.25) is 0 Å². The van der Waals surface area contributed by atoms with Gasteiger partial charge in [0.1, 0.15) is 0 Å². The van der Waals surface area contributed by atoms with Crippen LogP contribution >= 0.6 is 11.8 Å². The topological polar surface area (TPSA) is 17.1 Å². The summed E-state index contributed by atoms with van der Waals surface area (Å²) in [6.45, 7) is 5.67. The molecule has 0 aromatic carbocycles. The van der Waals surface area contributed by atoms with Crippen LogP contribution < -0.4 is 0 Å². The number of hydrogen-bond donors (Lipinski definition) is 0. The number of unbranched alkanes of at least 4 members (excludes halogenated alkanes) is 6. The third-order valence-electron chi connectivity index (χ3n) is 2.16. The molecule has 0 amide bonds. The molecule has 2 heteroatoms. The lowest BCUT2D eigenvalue weighted by molar-refractivity contribution is -0.107. The van der Waals surface area contributed by atoms with Crippen LogP contribution in [0.3, 0.4) is 0 Å². The summed E-state index contributed by atoms with van der Waals surface area (Å²) >= 11 is 1.39. The van der Waals surface area contributed by atoms with Gasteiger partial charge in [-0.15, -0.1) is 0 Å². The molecule has 0 aliphatic heterocycles. The Hall–Kier alpha value is -0.240. The van der Waals surface area contributed by atoms with Crippen LogP contribution in [-0.4, -0.2) is 10.9 Å². The van der Waals surface area contributed by atoms with Crippen molar-refractivity contribution in [1.29, 1.82) is 0 Å². The molecule has 0 aromatic rings. The molecule has 1 nitrogen and oxygen atoms in total. The molecule has 0 spiro atoms. The molecule has 0 radical (unpaired) electrons. The monoisotopic (exact) mass is 214 g/mol. The average Bonchev–Trinajstić information content (AvgIpc) is 2.21. The molecule has 0 aliphatic rings. The molecule has 0 saturated heterocycles. The van der Waals surface area contributed by atoms with Crippen LogP contribution in [0.5, 0.6) is 0 Å². The summed E-state index contributed by atoms with van der Waals surface area (Å²) in [6, 6.07) is 0. The quantitative estimate of drug-likeness (QED) is 0.423. The van der Waals surface area contributed by atoms with Crippen LogP contribution in [0.15, 0.2) is 12.7 Å². The second-order valence-electron chi connectivity index (χ2n) is 3.49. The molecule has 0 saturated carbocycles. The Morgan fingerprint density at radius 1 is 1.14 bits per heavy atom. The number of carbonyl (C=O) groups is 1. The summed E-state index contributed by atoms with van der Waals surface area (Å²) in [5.41, 5.74) is 0. The molecular weight excluding hydrogens is 192 g/mol. The smallest absolute Gasteiger partial charge is 0.211 e. The van der Waals surface area contributed by atoms with E-state index in [1.165, 1.54) is 56.4 Å². The third kappa shape index (κ3) is 9.85. The van der Waals surface area contributed by atoms with Gasteiger partial charge in [0.25, 0.3) is 0 Å². The fraction of sp³-hybridized carbons (Fsp3) is 0.750. The van der Waals surface area contributed by atoms with Gasteiger partial charge in [-0.3, -0.25) is 4.79 Å². The fourth-order valence-corrected chi connectivity index (χ4v) is 1.96. The van der Waals surface area contributed by atoms with E-state index >= 15 is 0 Å². The highest BCUT2D eigenvalue weighted by molar-refractivity contribution is 8.14. The Morgan fingerprint density at radius 3 is 2.29 bits per heavy atom. The number of hydrogen-bond acceptors (Lipinski definition) is 2. The van der Waals surface area contributed by atoms with Crippen LogP contribution in [-0.2, 0) is 4.79 Å². The van der Waals surface area contributed by atoms with Gasteiger partial charge >= 0.3 is 0 Å². The summed E-state index contributed by atoms with van der Waals surface area (Å²) in [7, 11) is 0. The van der Waals surface area contributed by atoms with Gasteiger partial charge in [-0.05, 0) is 12.5 Å². The molecule has 0 fully saturated rings. The standard InChI is InChI=1S/C12H22OS/c1-3-5-6-7-8-9-10-11-14-12(13)4-2/h4H,2-3,5-11H2,1H3. The molecule has 14 heavy (non-hydrogen) atoms. The van der Waals surface area contributed by atoms with Gasteiger partial charge in [0.15, 0.2) is 0 Å². The predicted molar refractivity (Wildman–Crippen MR) is 65.7 cm³/mol. The molecule has 0 aromatic heterocycles.